The molecular formula is C15H15BrFN3O. The number of aryl methyl sites for hydroxylation is 1. The molecule has 1 amide bonds. The Morgan fingerprint density at radius 1 is 1.38 bits per heavy atom. The molecule has 0 fully saturated rings. The Morgan fingerprint density at radius 2 is 2.14 bits per heavy atom. The maximum absolute atomic E-state index is 13.4. The number of carbonyl (C=O) groups is 1. The quantitative estimate of drug-likeness (QED) is 0.875. The van der Waals surface area contributed by atoms with E-state index in [-0.39, 0.29) is 11.7 Å². The molecule has 1 heterocycles. The van der Waals surface area contributed by atoms with Gasteiger partial charge in [0.2, 0.25) is 0 Å². The molecule has 0 aliphatic carbocycles. The van der Waals surface area contributed by atoms with E-state index in [4.69, 9.17) is 0 Å². The molecule has 0 bridgehead atoms. The topological polar surface area (TPSA) is 54.0 Å². The van der Waals surface area contributed by atoms with Gasteiger partial charge in [-0.15, -0.1) is 0 Å². The van der Waals surface area contributed by atoms with Crippen molar-refractivity contribution in [3.05, 3.63) is 52.0 Å². The summed E-state index contributed by atoms with van der Waals surface area (Å²) >= 11 is 3.10. The number of anilines is 2. The third-order valence-electron chi connectivity index (χ3n) is 2.89. The number of pyridine rings is 1. The summed E-state index contributed by atoms with van der Waals surface area (Å²) in [7, 11) is 0. The highest BCUT2D eigenvalue weighted by molar-refractivity contribution is 9.10. The fraction of sp³-hybridized carbons (Fsp3) is 0.200. The van der Waals surface area contributed by atoms with Crippen LogP contribution in [-0.2, 0) is 0 Å². The molecular weight excluding hydrogens is 337 g/mol. The number of amides is 1. The fourth-order valence-corrected chi connectivity index (χ4v) is 2.15. The van der Waals surface area contributed by atoms with Gasteiger partial charge in [0.15, 0.2) is 0 Å². The number of nitrogens with zero attached hydrogens (tertiary/aromatic N) is 1. The Kier molecular flexibility index (Phi) is 4.90. The van der Waals surface area contributed by atoms with E-state index in [0.29, 0.717) is 21.4 Å². The van der Waals surface area contributed by atoms with Gasteiger partial charge in [-0.1, -0.05) is 0 Å². The molecule has 110 valence electrons. The van der Waals surface area contributed by atoms with Gasteiger partial charge in [-0.2, -0.15) is 0 Å². The molecule has 0 saturated heterocycles. The minimum Gasteiger partial charge on any atom is -0.384 e. The SMILES string of the molecule is CCNc1ccc(C(=O)Nc2cc(Br)c(F)cc2C)nc1. The molecule has 0 spiro atoms. The fourth-order valence-electron chi connectivity index (χ4n) is 1.80. The first kappa shape index (κ1) is 15.4. The third-order valence-corrected chi connectivity index (χ3v) is 3.50. The summed E-state index contributed by atoms with van der Waals surface area (Å²) in [4.78, 5) is 16.2. The number of rotatable bonds is 4. The van der Waals surface area contributed by atoms with Gasteiger partial charge < -0.3 is 10.6 Å². The monoisotopic (exact) mass is 351 g/mol. The summed E-state index contributed by atoms with van der Waals surface area (Å²) in [5.41, 5.74) is 2.35. The lowest BCUT2D eigenvalue weighted by Crippen LogP contribution is -2.14. The van der Waals surface area contributed by atoms with E-state index in [0.717, 1.165) is 12.2 Å². The number of hydrogen-bond acceptors (Lipinski definition) is 3. The van der Waals surface area contributed by atoms with Crippen LogP contribution in [0.25, 0.3) is 0 Å². The first-order valence-electron chi connectivity index (χ1n) is 6.48. The highest BCUT2D eigenvalue weighted by Gasteiger charge is 2.11. The van der Waals surface area contributed by atoms with Crippen molar-refractivity contribution < 1.29 is 9.18 Å². The number of carbonyl (C=O) groups excluding carboxylic acids is 1. The van der Waals surface area contributed by atoms with Gasteiger partial charge in [0.25, 0.3) is 5.91 Å². The largest absolute Gasteiger partial charge is 0.384 e. The summed E-state index contributed by atoms with van der Waals surface area (Å²) in [6.07, 6.45) is 1.60. The van der Waals surface area contributed by atoms with E-state index in [9.17, 15) is 9.18 Å². The molecule has 1 aromatic heterocycles. The molecule has 0 atom stereocenters. The summed E-state index contributed by atoms with van der Waals surface area (Å²) in [6, 6.07) is 6.33. The van der Waals surface area contributed by atoms with E-state index in [1.54, 1.807) is 25.3 Å². The lowest BCUT2D eigenvalue weighted by Gasteiger charge is -2.10. The average molecular weight is 352 g/mol. The van der Waals surface area contributed by atoms with Gasteiger partial charge in [-0.25, -0.2) is 9.37 Å². The minimum atomic E-state index is -0.362. The lowest BCUT2D eigenvalue weighted by molar-refractivity contribution is 0.102. The molecule has 0 aliphatic rings. The molecule has 0 radical (unpaired) electrons. The van der Waals surface area contributed by atoms with Gasteiger partial charge in [0.1, 0.15) is 11.5 Å². The van der Waals surface area contributed by atoms with E-state index < -0.39 is 0 Å². The molecule has 0 aliphatic heterocycles. The van der Waals surface area contributed by atoms with Crippen molar-refractivity contribution in [3.63, 3.8) is 0 Å². The van der Waals surface area contributed by atoms with Crippen LogP contribution in [0.2, 0.25) is 0 Å². The maximum Gasteiger partial charge on any atom is 0.274 e. The molecule has 4 nitrogen and oxygen atoms in total. The smallest absolute Gasteiger partial charge is 0.274 e. The predicted octanol–water partition coefficient (Wildman–Crippen LogP) is 3.98. The number of hydrogen-bond donors (Lipinski definition) is 2. The minimum absolute atomic E-state index is 0.302. The second-order valence-electron chi connectivity index (χ2n) is 4.50. The van der Waals surface area contributed by atoms with Crippen LogP contribution in [-0.4, -0.2) is 17.4 Å². The molecule has 1 aromatic carbocycles. The molecule has 2 N–H and O–H groups in total. The van der Waals surface area contributed by atoms with Crippen LogP contribution in [0.15, 0.2) is 34.9 Å². The molecule has 21 heavy (non-hydrogen) atoms. The van der Waals surface area contributed by atoms with Crippen molar-refractivity contribution in [1.29, 1.82) is 0 Å². The van der Waals surface area contributed by atoms with Crippen molar-refractivity contribution in [1.82, 2.24) is 4.98 Å². The first-order valence-corrected chi connectivity index (χ1v) is 7.27. The molecule has 0 unspecified atom stereocenters. The number of halogens is 2. The Balaban J connectivity index is 2.16. The van der Waals surface area contributed by atoms with Gasteiger partial charge in [-0.05, 0) is 59.6 Å². The first-order chi connectivity index (χ1) is 10.0. The van der Waals surface area contributed by atoms with Crippen molar-refractivity contribution in [3.8, 4) is 0 Å². The van der Waals surface area contributed by atoms with Gasteiger partial charge in [0, 0.05) is 12.2 Å². The zero-order valence-corrected chi connectivity index (χ0v) is 13.3. The normalized spacial score (nSPS) is 10.3. The standard InChI is InChI=1S/C15H15BrFN3O/c1-3-18-10-4-5-13(19-8-10)15(21)20-14-7-11(16)12(17)6-9(14)2/h4-8,18H,3H2,1-2H3,(H,20,21). The zero-order chi connectivity index (χ0) is 15.4. The molecule has 0 saturated carbocycles. The van der Waals surface area contributed by atoms with Crippen molar-refractivity contribution >= 4 is 33.2 Å². The average Bonchev–Trinajstić information content (AvgIpc) is 2.46. The van der Waals surface area contributed by atoms with Crippen molar-refractivity contribution in [2.75, 3.05) is 17.2 Å². The summed E-state index contributed by atoms with van der Waals surface area (Å²) in [5, 5.41) is 5.83. The molecule has 2 aromatic rings. The zero-order valence-electron chi connectivity index (χ0n) is 11.7. The Morgan fingerprint density at radius 3 is 2.76 bits per heavy atom. The number of nitrogens with one attached hydrogen (secondary N) is 2. The molecule has 2 rings (SSSR count). The van der Waals surface area contributed by atoms with Crippen molar-refractivity contribution in [2.45, 2.75) is 13.8 Å². The highest BCUT2D eigenvalue weighted by Crippen LogP contribution is 2.24. The van der Waals surface area contributed by atoms with E-state index in [1.165, 1.54) is 12.1 Å². The van der Waals surface area contributed by atoms with Crippen LogP contribution < -0.4 is 10.6 Å². The second kappa shape index (κ2) is 6.67. The highest BCUT2D eigenvalue weighted by atomic mass is 79.9. The Labute approximate surface area is 130 Å². The van der Waals surface area contributed by atoms with Gasteiger partial charge in [-0.3, -0.25) is 4.79 Å². The molecule has 6 heteroatoms. The van der Waals surface area contributed by atoms with Crippen LogP contribution in [0.3, 0.4) is 0 Å². The third kappa shape index (κ3) is 3.78. The summed E-state index contributed by atoms with van der Waals surface area (Å²) < 4.78 is 13.7. The Hall–Kier alpha value is -1.95. The Bertz CT molecular complexity index is 659. The van der Waals surface area contributed by atoms with Crippen LogP contribution in [0.1, 0.15) is 23.0 Å². The lowest BCUT2D eigenvalue weighted by atomic mass is 10.2. The van der Waals surface area contributed by atoms with Crippen LogP contribution in [0.4, 0.5) is 15.8 Å². The number of aromatic nitrogens is 1. The second-order valence-corrected chi connectivity index (χ2v) is 5.35. The van der Waals surface area contributed by atoms with Crippen LogP contribution >= 0.6 is 15.9 Å². The van der Waals surface area contributed by atoms with E-state index in [2.05, 4.69) is 31.5 Å². The number of benzene rings is 1. The van der Waals surface area contributed by atoms with Gasteiger partial charge in [0.05, 0.1) is 16.4 Å². The summed E-state index contributed by atoms with van der Waals surface area (Å²) in [6.45, 7) is 4.50. The van der Waals surface area contributed by atoms with E-state index >= 15 is 0 Å². The predicted molar refractivity (Wildman–Crippen MR) is 85.2 cm³/mol. The summed E-state index contributed by atoms with van der Waals surface area (Å²) in [5.74, 6) is -0.696. The van der Waals surface area contributed by atoms with Crippen molar-refractivity contribution in [2.24, 2.45) is 0 Å². The van der Waals surface area contributed by atoms with Gasteiger partial charge >= 0.3 is 0 Å². The van der Waals surface area contributed by atoms with E-state index in [1.807, 2.05) is 6.92 Å². The van der Waals surface area contributed by atoms with Crippen LogP contribution in [0.5, 0.6) is 0 Å². The van der Waals surface area contributed by atoms with Crippen LogP contribution in [0, 0.1) is 12.7 Å². The maximum atomic E-state index is 13.4.